The fourth-order valence-corrected chi connectivity index (χ4v) is 0.453. The molecule has 0 radical (unpaired) electrons. The molecule has 1 aromatic rings. The van der Waals surface area contributed by atoms with E-state index in [9.17, 15) is 4.57 Å². The molecule has 1 rings (SSSR count). The van der Waals surface area contributed by atoms with Crippen LogP contribution in [0.25, 0.3) is 0 Å². The van der Waals surface area contributed by atoms with Gasteiger partial charge in [-0.25, -0.2) is 0 Å². The van der Waals surface area contributed by atoms with E-state index >= 15 is 0 Å². The van der Waals surface area contributed by atoms with E-state index in [4.69, 9.17) is 10.6 Å². The Morgan fingerprint density at radius 1 is 1.42 bits per heavy atom. The molecular formula is C7H12NO3P. The summed E-state index contributed by atoms with van der Waals surface area (Å²) in [5.41, 5.74) is 6.18. The van der Waals surface area contributed by atoms with Crippen LogP contribution in [-0.4, -0.2) is 12.0 Å². The zero-order chi connectivity index (χ0) is 9.40. The quantitative estimate of drug-likeness (QED) is 0.515. The van der Waals surface area contributed by atoms with Gasteiger partial charge in [0.2, 0.25) is 0 Å². The van der Waals surface area contributed by atoms with Crippen LogP contribution in [0, 0.1) is 0 Å². The number of rotatable bonds is 1. The molecule has 0 heterocycles. The van der Waals surface area contributed by atoms with Crippen molar-refractivity contribution in [2.75, 3.05) is 12.8 Å². The molecular weight excluding hydrogens is 177 g/mol. The van der Waals surface area contributed by atoms with Crippen molar-refractivity contribution < 1.29 is 14.0 Å². The molecule has 12 heavy (non-hydrogen) atoms. The van der Waals surface area contributed by atoms with Gasteiger partial charge < -0.3 is 15.2 Å². The van der Waals surface area contributed by atoms with Gasteiger partial charge >= 0.3 is 8.25 Å². The minimum absolute atomic E-state index is 0.822. The summed E-state index contributed by atoms with van der Waals surface area (Å²) < 4.78 is 13.2. The molecule has 0 bridgehead atoms. The number of hydrogen-bond acceptors (Lipinski definition) is 3. The maximum absolute atomic E-state index is 9.33. The van der Waals surface area contributed by atoms with E-state index in [-0.39, 0.29) is 0 Å². The first-order valence-corrected chi connectivity index (χ1v) is 4.50. The molecule has 5 heteroatoms. The molecule has 1 unspecified atom stereocenters. The Balaban J connectivity index is 0.000000217. The van der Waals surface area contributed by atoms with Crippen LogP contribution in [0.1, 0.15) is 0 Å². The van der Waals surface area contributed by atoms with Gasteiger partial charge in [-0.15, -0.1) is 0 Å². The van der Waals surface area contributed by atoms with E-state index in [2.05, 4.69) is 4.52 Å². The van der Waals surface area contributed by atoms with Gasteiger partial charge in [-0.3, -0.25) is 4.57 Å². The monoisotopic (exact) mass is 189 g/mol. The minimum Gasteiger partial charge on any atom is -0.399 e. The fourth-order valence-electron chi connectivity index (χ4n) is 0.453. The van der Waals surface area contributed by atoms with Gasteiger partial charge in [0.1, 0.15) is 0 Å². The molecule has 0 spiro atoms. The summed E-state index contributed by atoms with van der Waals surface area (Å²) in [6.45, 7) is 0. The van der Waals surface area contributed by atoms with Crippen molar-refractivity contribution in [2.45, 2.75) is 0 Å². The Bertz CT molecular complexity index is 227. The SMILES string of the molecule is CO[PH](=O)O.Nc1ccccc1. The second-order valence-corrected chi connectivity index (χ2v) is 2.82. The molecule has 0 aliphatic carbocycles. The maximum atomic E-state index is 9.33. The molecule has 1 aromatic carbocycles. The summed E-state index contributed by atoms with van der Waals surface area (Å²) >= 11 is 0. The van der Waals surface area contributed by atoms with E-state index in [1.807, 2.05) is 30.3 Å². The molecule has 68 valence electrons. The van der Waals surface area contributed by atoms with Gasteiger partial charge in [-0.1, -0.05) is 18.2 Å². The Labute approximate surface area is 71.9 Å². The molecule has 1 atom stereocenters. The predicted molar refractivity (Wildman–Crippen MR) is 49.1 cm³/mol. The highest BCUT2D eigenvalue weighted by molar-refractivity contribution is 7.32. The number of benzene rings is 1. The second-order valence-electron chi connectivity index (χ2n) is 1.88. The van der Waals surface area contributed by atoms with Gasteiger partial charge in [0.05, 0.1) is 0 Å². The van der Waals surface area contributed by atoms with Gasteiger partial charge in [0, 0.05) is 12.8 Å². The summed E-state index contributed by atoms with van der Waals surface area (Å²) in [7, 11) is -1.44. The third-order valence-electron chi connectivity index (χ3n) is 0.974. The Morgan fingerprint density at radius 2 is 1.83 bits per heavy atom. The van der Waals surface area contributed by atoms with Crippen LogP contribution in [0.4, 0.5) is 5.69 Å². The first kappa shape index (κ1) is 11.2. The normalized spacial score (nSPS) is 11.2. The number of hydrogen-bond donors (Lipinski definition) is 2. The van der Waals surface area contributed by atoms with Crippen molar-refractivity contribution in [3.05, 3.63) is 30.3 Å². The highest BCUT2D eigenvalue weighted by Gasteiger charge is 1.74. The van der Waals surface area contributed by atoms with Gasteiger partial charge in [-0.2, -0.15) is 0 Å². The van der Waals surface area contributed by atoms with Crippen molar-refractivity contribution in [3.63, 3.8) is 0 Å². The standard InChI is InChI=1S/C6H7N.CH5O3P/c7-6-4-2-1-3-5-6;1-4-5(2)3/h1-5H,7H2;5H,1H3,(H,2,3). The second kappa shape index (κ2) is 6.85. The summed E-state index contributed by atoms with van der Waals surface area (Å²) in [6, 6.07) is 9.49. The average molecular weight is 189 g/mol. The Hall–Kier alpha value is -0.830. The molecule has 0 aromatic heterocycles. The highest BCUT2D eigenvalue weighted by atomic mass is 31.1. The summed E-state index contributed by atoms with van der Waals surface area (Å²) in [5.74, 6) is 0. The number of nitrogen functional groups attached to an aromatic ring is 1. The van der Waals surface area contributed by atoms with Crippen molar-refractivity contribution in [2.24, 2.45) is 0 Å². The van der Waals surface area contributed by atoms with E-state index in [1.165, 1.54) is 7.11 Å². The topological polar surface area (TPSA) is 72.5 Å². The largest absolute Gasteiger partial charge is 0.399 e. The number of nitrogens with two attached hydrogens (primary N) is 1. The average Bonchev–Trinajstić information content (AvgIpc) is 2.07. The van der Waals surface area contributed by atoms with Crippen molar-refractivity contribution >= 4 is 13.9 Å². The summed E-state index contributed by atoms with van der Waals surface area (Å²) in [4.78, 5) is 7.69. The molecule has 0 aliphatic heterocycles. The van der Waals surface area contributed by atoms with Crippen molar-refractivity contribution in [1.29, 1.82) is 0 Å². The van der Waals surface area contributed by atoms with Gasteiger partial charge in [0.15, 0.2) is 0 Å². The van der Waals surface area contributed by atoms with Gasteiger partial charge in [0.25, 0.3) is 0 Å². The zero-order valence-corrected chi connectivity index (χ0v) is 7.73. The molecule has 4 nitrogen and oxygen atoms in total. The van der Waals surface area contributed by atoms with Crippen molar-refractivity contribution in [1.82, 2.24) is 0 Å². The van der Waals surface area contributed by atoms with E-state index in [0.717, 1.165) is 5.69 Å². The number of anilines is 1. The van der Waals surface area contributed by atoms with E-state index in [0.29, 0.717) is 0 Å². The molecule has 0 saturated carbocycles. The van der Waals surface area contributed by atoms with Crippen LogP contribution in [-0.2, 0) is 9.09 Å². The van der Waals surface area contributed by atoms with E-state index < -0.39 is 8.25 Å². The lowest BCUT2D eigenvalue weighted by Gasteiger charge is -1.83. The van der Waals surface area contributed by atoms with Crippen molar-refractivity contribution in [3.8, 4) is 0 Å². The first-order chi connectivity index (χ1) is 5.66. The van der Waals surface area contributed by atoms with Crippen LogP contribution in [0.2, 0.25) is 0 Å². The highest BCUT2D eigenvalue weighted by Crippen LogP contribution is 2.09. The smallest absolute Gasteiger partial charge is 0.316 e. The van der Waals surface area contributed by atoms with Crippen LogP contribution in [0.3, 0.4) is 0 Å². The molecule has 0 aliphatic rings. The molecule has 0 saturated heterocycles. The van der Waals surface area contributed by atoms with Crippen LogP contribution in [0.5, 0.6) is 0 Å². The van der Waals surface area contributed by atoms with Gasteiger partial charge in [-0.05, 0) is 12.1 Å². The van der Waals surface area contributed by atoms with Crippen LogP contribution < -0.4 is 5.73 Å². The Morgan fingerprint density at radius 3 is 2.00 bits per heavy atom. The summed E-state index contributed by atoms with van der Waals surface area (Å²) in [6.07, 6.45) is 0. The fraction of sp³-hybridized carbons (Fsp3) is 0.143. The lowest BCUT2D eigenvalue weighted by molar-refractivity contribution is 0.343. The number of para-hydroxylation sites is 1. The third-order valence-corrected chi connectivity index (χ3v) is 1.32. The van der Waals surface area contributed by atoms with E-state index in [1.54, 1.807) is 0 Å². The summed E-state index contributed by atoms with van der Waals surface area (Å²) in [5, 5.41) is 0. The minimum atomic E-state index is -2.62. The predicted octanol–water partition coefficient (Wildman–Crippen LogP) is 1.28. The van der Waals surface area contributed by atoms with Crippen LogP contribution in [0.15, 0.2) is 30.3 Å². The molecule has 3 N–H and O–H groups in total. The first-order valence-electron chi connectivity index (χ1n) is 3.24. The van der Waals surface area contributed by atoms with Crippen LogP contribution >= 0.6 is 8.25 Å². The molecule has 0 fully saturated rings. The lowest BCUT2D eigenvalue weighted by atomic mass is 10.3. The molecule has 0 amide bonds. The Kier molecular flexibility index (Phi) is 6.38. The zero-order valence-electron chi connectivity index (χ0n) is 6.73. The third kappa shape index (κ3) is 7.28. The lowest BCUT2D eigenvalue weighted by Crippen LogP contribution is -1.79. The maximum Gasteiger partial charge on any atom is 0.316 e.